The van der Waals surface area contributed by atoms with Crippen molar-refractivity contribution in [1.82, 2.24) is 9.21 Å². The number of nitrogens with one attached hydrogen (secondary N) is 1. The first kappa shape index (κ1) is 24.0. The summed E-state index contributed by atoms with van der Waals surface area (Å²) in [5.41, 5.74) is 2.31. The van der Waals surface area contributed by atoms with Crippen LogP contribution < -0.4 is 5.32 Å². The van der Waals surface area contributed by atoms with Crippen LogP contribution in [0.3, 0.4) is 0 Å². The molecule has 1 amide bonds. The first-order valence-electron chi connectivity index (χ1n) is 10.1. The number of hydrogen-bond donors (Lipinski definition) is 1. The van der Waals surface area contributed by atoms with Gasteiger partial charge < -0.3 is 5.32 Å². The van der Waals surface area contributed by atoms with Crippen LogP contribution in [0.15, 0.2) is 41.3 Å². The Morgan fingerprint density at radius 1 is 1.19 bits per heavy atom. The molecule has 1 aliphatic rings. The molecule has 1 unspecified atom stereocenters. The molecule has 31 heavy (non-hydrogen) atoms. The van der Waals surface area contributed by atoms with E-state index in [1.54, 1.807) is 18.2 Å². The van der Waals surface area contributed by atoms with Crippen molar-refractivity contribution in [2.45, 2.75) is 31.2 Å². The van der Waals surface area contributed by atoms with E-state index in [2.05, 4.69) is 10.2 Å². The molecular weight excluding hydrogens is 457 g/mol. The lowest BCUT2D eigenvalue weighted by Crippen LogP contribution is -2.40. The van der Waals surface area contributed by atoms with Crippen molar-refractivity contribution in [3.63, 3.8) is 0 Å². The molecule has 2 aromatic carbocycles. The molecule has 1 N–H and O–H groups in total. The zero-order chi connectivity index (χ0) is 22.8. The summed E-state index contributed by atoms with van der Waals surface area (Å²) >= 11 is 12.3. The van der Waals surface area contributed by atoms with E-state index in [1.807, 2.05) is 19.1 Å². The van der Waals surface area contributed by atoms with Gasteiger partial charge in [-0.25, -0.2) is 12.7 Å². The van der Waals surface area contributed by atoms with Gasteiger partial charge in [-0.1, -0.05) is 35.3 Å². The van der Waals surface area contributed by atoms with Crippen molar-refractivity contribution in [2.24, 2.45) is 5.92 Å². The number of hydrogen-bond acceptors (Lipinski definition) is 4. The Balaban J connectivity index is 1.70. The van der Waals surface area contributed by atoms with Gasteiger partial charge in [0.05, 0.1) is 10.8 Å². The van der Waals surface area contributed by atoms with E-state index in [-0.39, 0.29) is 16.7 Å². The predicted octanol–water partition coefficient (Wildman–Crippen LogP) is 4.40. The van der Waals surface area contributed by atoms with Crippen molar-refractivity contribution in [3.05, 3.63) is 57.6 Å². The van der Waals surface area contributed by atoms with Gasteiger partial charge in [0.1, 0.15) is 0 Å². The zero-order valence-corrected chi connectivity index (χ0v) is 20.2. The van der Waals surface area contributed by atoms with E-state index in [4.69, 9.17) is 23.2 Å². The lowest BCUT2D eigenvalue weighted by atomic mass is 9.96. The monoisotopic (exact) mass is 483 g/mol. The number of anilines is 1. The molecule has 1 heterocycles. The maximum absolute atomic E-state index is 13.0. The zero-order valence-electron chi connectivity index (χ0n) is 17.9. The molecule has 0 aliphatic carbocycles. The number of carbonyl (C=O) groups excluding carboxylic acids is 1. The average Bonchev–Trinajstić information content (AvgIpc) is 2.71. The Kier molecular flexibility index (Phi) is 7.65. The number of aryl methyl sites for hydroxylation is 1. The summed E-state index contributed by atoms with van der Waals surface area (Å²) < 4.78 is 26.0. The van der Waals surface area contributed by atoms with Gasteiger partial charge in [-0.15, -0.1) is 0 Å². The van der Waals surface area contributed by atoms with Crippen molar-refractivity contribution in [3.8, 4) is 0 Å². The van der Waals surface area contributed by atoms with Crippen molar-refractivity contribution < 1.29 is 13.2 Å². The Hall–Kier alpha value is -1.64. The third-order valence-corrected chi connectivity index (χ3v) is 7.93. The highest BCUT2D eigenvalue weighted by molar-refractivity contribution is 7.89. The molecule has 0 bridgehead atoms. The quantitative estimate of drug-likeness (QED) is 0.660. The highest BCUT2D eigenvalue weighted by Crippen LogP contribution is 2.27. The van der Waals surface area contributed by atoms with Crippen molar-refractivity contribution >= 4 is 44.8 Å². The number of rotatable bonds is 6. The maximum atomic E-state index is 13.0. The van der Waals surface area contributed by atoms with Gasteiger partial charge in [0.2, 0.25) is 15.9 Å². The summed E-state index contributed by atoms with van der Waals surface area (Å²) in [4.78, 5) is 15.3. The predicted molar refractivity (Wildman–Crippen MR) is 125 cm³/mol. The van der Waals surface area contributed by atoms with Crippen LogP contribution >= 0.6 is 23.2 Å². The second-order valence-corrected chi connectivity index (χ2v) is 11.1. The normalized spacial score (nSPS) is 17.7. The van der Waals surface area contributed by atoms with E-state index >= 15 is 0 Å². The second-order valence-electron chi connectivity index (χ2n) is 8.06. The summed E-state index contributed by atoms with van der Waals surface area (Å²) in [5.74, 6) is -0.289. The molecular formula is C22H27Cl2N3O3S. The minimum absolute atomic E-state index is 0.102. The molecule has 0 spiro atoms. The first-order chi connectivity index (χ1) is 14.6. The van der Waals surface area contributed by atoms with Crippen LogP contribution in [0.25, 0.3) is 0 Å². The molecule has 1 aliphatic heterocycles. The fourth-order valence-electron chi connectivity index (χ4n) is 3.65. The van der Waals surface area contributed by atoms with Gasteiger partial charge in [-0.3, -0.25) is 9.69 Å². The highest BCUT2D eigenvalue weighted by atomic mass is 35.5. The molecule has 0 saturated carbocycles. The molecule has 9 heteroatoms. The number of halogens is 2. The fraction of sp³-hybridized carbons (Fsp3) is 0.409. The van der Waals surface area contributed by atoms with Gasteiger partial charge in [-0.05, 0) is 61.7 Å². The number of carbonyl (C=O) groups is 1. The smallest absolute Gasteiger partial charge is 0.242 e. The lowest BCUT2D eigenvalue weighted by molar-refractivity contribution is -0.121. The molecule has 1 fully saturated rings. The number of nitrogens with zero attached hydrogens (tertiary/aromatic N) is 2. The Labute approximate surface area is 194 Å². The molecule has 0 aromatic heterocycles. The van der Waals surface area contributed by atoms with Crippen LogP contribution in [0, 0.1) is 12.8 Å². The Morgan fingerprint density at radius 2 is 1.94 bits per heavy atom. The van der Waals surface area contributed by atoms with E-state index in [9.17, 15) is 13.2 Å². The molecule has 2 aromatic rings. The van der Waals surface area contributed by atoms with Crippen LogP contribution in [0.1, 0.15) is 24.0 Å². The van der Waals surface area contributed by atoms with Crippen LogP contribution in [-0.2, 0) is 21.4 Å². The van der Waals surface area contributed by atoms with Crippen LogP contribution in [-0.4, -0.2) is 50.7 Å². The largest absolute Gasteiger partial charge is 0.326 e. The van der Waals surface area contributed by atoms with E-state index < -0.39 is 10.0 Å². The van der Waals surface area contributed by atoms with Crippen molar-refractivity contribution in [1.29, 1.82) is 0 Å². The number of piperidine rings is 1. The van der Waals surface area contributed by atoms with Crippen LogP contribution in [0.2, 0.25) is 10.0 Å². The first-order valence-corrected chi connectivity index (χ1v) is 12.3. The lowest BCUT2D eigenvalue weighted by Gasteiger charge is -2.32. The van der Waals surface area contributed by atoms with Gasteiger partial charge in [0, 0.05) is 42.9 Å². The number of sulfonamides is 1. The SMILES string of the molecule is Cc1ccc(S(=O)(=O)N(C)C)cc1NC(=O)C1CCCN(Cc2ccc(Cl)cc2Cl)C1. The van der Waals surface area contributed by atoms with Gasteiger partial charge in [0.15, 0.2) is 0 Å². The second kappa shape index (κ2) is 9.88. The summed E-state index contributed by atoms with van der Waals surface area (Å²) in [7, 11) is -0.609. The topological polar surface area (TPSA) is 69.7 Å². The van der Waals surface area contributed by atoms with E-state index in [0.29, 0.717) is 28.8 Å². The minimum atomic E-state index is -3.58. The van der Waals surface area contributed by atoms with Crippen molar-refractivity contribution in [2.75, 3.05) is 32.5 Å². The molecule has 1 atom stereocenters. The molecule has 3 rings (SSSR count). The Bertz CT molecular complexity index is 1070. The summed E-state index contributed by atoms with van der Waals surface area (Å²) in [5, 5.41) is 4.16. The van der Waals surface area contributed by atoms with Crippen LogP contribution in [0.5, 0.6) is 0 Å². The van der Waals surface area contributed by atoms with E-state index in [0.717, 1.165) is 34.8 Å². The average molecular weight is 484 g/mol. The third-order valence-electron chi connectivity index (χ3n) is 5.53. The van der Waals surface area contributed by atoms with Crippen LogP contribution in [0.4, 0.5) is 5.69 Å². The van der Waals surface area contributed by atoms with Gasteiger partial charge in [0.25, 0.3) is 0 Å². The molecule has 0 radical (unpaired) electrons. The standard InChI is InChI=1S/C22H27Cl2N3O3S/c1-15-6-9-19(31(29,30)26(2)3)12-21(15)25-22(28)17-5-4-10-27(14-17)13-16-7-8-18(23)11-20(16)24/h6-9,11-12,17H,4-5,10,13-14H2,1-3H3,(H,25,28). The summed E-state index contributed by atoms with van der Waals surface area (Å²) in [6.45, 7) is 3.99. The summed E-state index contributed by atoms with van der Waals surface area (Å²) in [6.07, 6.45) is 1.68. The maximum Gasteiger partial charge on any atom is 0.242 e. The summed E-state index contributed by atoms with van der Waals surface area (Å²) in [6, 6.07) is 10.2. The third kappa shape index (κ3) is 5.79. The van der Waals surface area contributed by atoms with E-state index in [1.165, 1.54) is 20.2 Å². The number of amides is 1. The fourth-order valence-corrected chi connectivity index (χ4v) is 5.04. The molecule has 168 valence electrons. The molecule has 6 nitrogen and oxygen atoms in total. The Morgan fingerprint density at radius 3 is 2.61 bits per heavy atom. The van der Waals surface area contributed by atoms with Gasteiger partial charge in [-0.2, -0.15) is 0 Å². The number of benzene rings is 2. The number of likely N-dealkylation sites (tertiary alicyclic amines) is 1. The van der Waals surface area contributed by atoms with Gasteiger partial charge >= 0.3 is 0 Å². The minimum Gasteiger partial charge on any atom is -0.326 e. The molecule has 1 saturated heterocycles. The highest BCUT2D eigenvalue weighted by Gasteiger charge is 2.27.